The molecule has 0 aliphatic carbocycles. The molecule has 1 amide bonds. The van der Waals surface area contributed by atoms with Crippen molar-refractivity contribution >= 4 is 16.2 Å². The normalized spacial score (nSPS) is 22.4. The average molecular weight is 331 g/mol. The number of piperidine rings is 1. The zero-order chi connectivity index (χ0) is 16.2. The topological polar surface area (TPSA) is 72.9 Å². The van der Waals surface area contributed by atoms with E-state index in [2.05, 4.69) is 4.18 Å². The van der Waals surface area contributed by atoms with Crippen LogP contribution in [0.15, 0.2) is 30.3 Å². The largest absolute Gasteiger partial charge is 0.445 e. The van der Waals surface area contributed by atoms with Gasteiger partial charge in [0.05, 0.1) is 12.8 Å². The number of ether oxygens (including phenoxy) is 1. The van der Waals surface area contributed by atoms with Crippen molar-refractivity contribution in [2.45, 2.75) is 25.3 Å². The maximum absolute atomic E-state index is 13.7. The second kappa shape index (κ2) is 7.06. The zero-order valence-electron chi connectivity index (χ0n) is 12.1. The Morgan fingerprint density at radius 2 is 2.05 bits per heavy atom. The predicted octanol–water partition coefficient (Wildman–Crippen LogP) is 1.71. The first-order chi connectivity index (χ1) is 10.3. The van der Waals surface area contributed by atoms with Crippen molar-refractivity contribution < 1.29 is 26.5 Å². The van der Waals surface area contributed by atoms with Gasteiger partial charge in [-0.05, 0) is 12.0 Å². The summed E-state index contributed by atoms with van der Waals surface area (Å²) < 4.78 is 45.7. The lowest BCUT2D eigenvalue weighted by Crippen LogP contribution is -2.49. The number of nitrogens with zero attached hydrogens (tertiary/aromatic N) is 1. The van der Waals surface area contributed by atoms with Gasteiger partial charge in [-0.25, -0.2) is 9.18 Å². The first-order valence-corrected chi connectivity index (χ1v) is 8.65. The van der Waals surface area contributed by atoms with Crippen LogP contribution in [0.1, 0.15) is 12.0 Å². The van der Waals surface area contributed by atoms with Crippen LogP contribution in [-0.2, 0) is 25.6 Å². The highest BCUT2D eigenvalue weighted by atomic mass is 32.2. The third-order valence-electron chi connectivity index (χ3n) is 3.24. The molecular formula is C14H18FNO5S. The molecule has 1 fully saturated rings. The van der Waals surface area contributed by atoms with E-state index in [1.165, 1.54) is 4.90 Å². The molecule has 1 aliphatic rings. The van der Waals surface area contributed by atoms with Gasteiger partial charge in [0.1, 0.15) is 18.9 Å². The van der Waals surface area contributed by atoms with Crippen molar-refractivity contribution in [2.75, 3.05) is 19.3 Å². The van der Waals surface area contributed by atoms with Gasteiger partial charge in [0.25, 0.3) is 10.1 Å². The molecule has 1 aromatic rings. The number of alkyl halides is 1. The molecule has 0 unspecified atom stereocenters. The van der Waals surface area contributed by atoms with E-state index < -0.39 is 28.5 Å². The number of halogens is 1. The van der Waals surface area contributed by atoms with Crippen LogP contribution in [0.5, 0.6) is 0 Å². The van der Waals surface area contributed by atoms with Crippen LogP contribution in [0.4, 0.5) is 9.18 Å². The van der Waals surface area contributed by atoms with Crippen molar-refractivity contribution in [3.63, 3.8) is 0 Å². The lowest BCUT2D eigenvalue weighted by atomic mass is 10.1. The highest BCUT2D eigenvalue weighted by Crippen LogP contribution is 2.19. The van der Waals surface area contributed by atoms with Crippen molar-refractivity contribution in [1.82, 2.24) is 4.90 Å². The number of hydrogen-bond donors (Lipinski definition) is 0. The van der Waals surface area contributed by atoms with Crippen LogP contribution in [0, 0.1) is 0 Å². The first kappa shape index (κ1) is 16.7. The van der Waals surface area contributed by atoms with E-state index in [0.29, 0.717) is 0 Å². The Balaban J connectivity index is 1.90. The molecule has 0 radical (unpaired) electrons. The number of rotatable bonds is 4. The standard InChI is InChI=1S/C14H18FNO5S/c1-22(18,19)21-13-9-16(8-7-12(13)15)14(17)20-10-11-5-3-2-4-6-11/h2-6,12-13H,7-10H2,1H3/t12-,13-/m1/s1. The van der Waals surface area contributed by atoms with Crippen molar-refractivity contribution in [3.8, 4) is 0 Å². The molecule has 2 rings (SSSR count). The second-order valence-electron chi connectivity index (χ2n) is 5.13. The highest BCUT2D eigenvalue weighted by Gasteiger charge is 2.35. The summed E-state index contributed by atoms with van der Waals surface area (Å²) in [5.41, 5.74) is 0.833. The molecule has 122 valence electrons. The maximum Gasteiger partial charge on any atom is 0.410 e. The van der Waals surface area contributed by atoms with E-state index in [4.69, 9.17) is 4.74 Å². The Hall–Kier alpha value is -1.67. The van der Waals surface area contributed by atoms with Gasteiger partial charge in [-0.15, -0.1) is 0 Å². The molecule has 0 spiro atoms. The highest BCUT2D eigenvalue weighted by molar-refractivity contribution is 7.86. The van der Waals surface area contributed by atoms with Gasteiger partial charge in [-0.3, -0.25) is 4.18 Å². The molecule has 6 nitrogen and oxygen atoms in total. The Kier molecular flexibility index (Phi) is 5.36. The Morgan fingerprint density at radius 3 is 2.68 bits per heavy atom. The summed E-state index contributed by atoms with van der Waals surface area (Å²) in [7, 11) is -3.78. The van der Waals surface area contributed by atoms with E-state index in [-0.39, 0.29) is 26.1 Å². The minimum atomic E-state index is -3.78. The fraction of sp³-hybridized carbons (Fsp3) is 0.500. The van der Waals surface area contributed by atoms with Gasteiger partial charge >= 0.3 is 6.09 Å². The quantitative estimate of drug-likeness (QED) is 0.786. The summed E-state index contributed by atoms with van der Waals surface area (Å²) in [6.45, 7) is 0.118. The molecular weight excluding hydrogens is 313 g/mol. The summed E-state index contributed by atoms with van der Waals surface area (Å²) in [6.07, 6.45) is -2.36. The summed E-state index contributed by atoms with van der Waals surface area (Å²) in [4.78, 5) is 13.2. The van der Waals surface area contributed by atoms with Gasteiger partial charge in [0.2, 0.25) is 0 Å². The number of carbonyl (C=O) groups is 1. The summed E-state index contributed by atoms with van der Waals surface area (Å²) in [5.74, 6) is 0. The third-order valence-corrected chi connectivity index (χ3v) is 3.84. The van der Waals surface area contributed by atoms with Crippen LogP contribution in [-0.4, -0.2) is 51.0 Å². The molecule has 0 saturated carbocycles. The van der Waals surface area contributed by atoms with Crippen LogP contribution in [0.25, 0.3) is 0 Å². The molecule has 1 heterocycles. The van der Waals surface area contributed by atoms with Crippen LogP contribution >= 0.6 is 0 Å². The zero-order valence-corrected chi connectivity index (χ0v) is 13.0. The molecule has 22 heavy (non-hydrogen) atoms. The fourth-order valence-electron chi connectivity index (χ4n) is 2.18. The van der Waals surface area contributed by atoms with Crippen LogP contribution in [0.2, 0.25) is 0 Å². The molecule has 2 atom stereocenters. The summed E-state index contributed by atoms with van der Waals surface area (Å²) in [5, 5.41) is 0. The summed E-state index contributed by atoms with van der Waals surface area (Å²) >= 11 is 0. The predicted molar refractivity (Wildman–Crippen MR) is 77.4 cm³/mol. The Morgan fingerprint density at radius 1 is 1.36 bits per heavy atom. The lowest BCUT2D eigenvalue weighted by molar-refractivity contribution is 0.0158. The number of hydrogen-bond acceptors (Lipinski definition) is 5. The number of benzene rings is 1. The lowest BCUT2D eigenvalue weighted by Gasteiger charge is -2.33. The molecule has 1 aromatic carbocycles. The van der Waals surface area contributed by atoms with E-state index in [9.17, 15) is 17.6 Å². The molecule has 0 N–H and O–H groups in total. The molecule has 0 bridgehead atoms. The average Bonchev–Trinajstić information content (AvgIpc) is 2.47. The minimum Gasteiger partial charge on any atom is -0.445 e. The van der Waals surface area contributed by atoms with E-state index in [1.54, 1.807) is 0 Å². The summed E-state index contributed by atoms with van der Waals surface area (Å²) in [6, 6.07) is 9.14. The SMILES string of the molecule is CS(=O)(=O)O[C@@H]1CN(C(=O)OCc2ccccc2)CC[C@H]1F. The molecule has 8 heteroatoms. The minimum absolute atomic E-state index is 0.0145. The van der Waals surface area contributed by atoms with Crippen LogP contribution in [0.3, 0.4) is 0 Å². The first-order valence-electron chi connectivity index (χ1n) is 6.83. The fourth-order valence-corrected chi connectivity index (χ4v) is 2.81. The Labute approximate surface area is 128 Å². The van der Waals surface area contributed by atoms with Crippen molar-refractivity contribution in [2.24, 2.45) is 0 Å². The Bertz CT molecular complexity index is 607. The number of carbonyl (C=O) groups excluding carboxylic acids is 1. The van der Waals surface area contributed by atoms with Gasteiger partial charge in [0.15, 0.2) is 0 Å². The third kappa shape index (κ3) is 4.96. The smallest absolute Gasteiger partial charge is 0.410 e. The van der Waals surface area contributed by atoms with E-state index in [0.717, 1.165) is 11.8 Å². The molecule has 0 aromatic heterocycles. The second-order valence-corrected chi connectivity index (χ2v) is 6.73. The monoisotopic (exact) mass is 331 g/mol. The van der Waals surface area contributed by atoms with Crippen molar-refractivity contribution in [1.29, 1.82) is 0 Å². The van der Waals surface area contributed by atoms with E-state index in [1.807, 2.05) is 30.3 Å². The van der Waals surface area contributed by atoms with Gasteiger partial charge in [-0.2, -0.15) is 8.42 Å². The number of amides is 1. The maximum atomic E-state index is 13.7. The van der Waals surface area contributed by atoms with Gasteiger partial charge in [0, 0.05) is 6.54 Å². The van der Waals surface area contributed by atoms with Crippen molar-refractivity contribution in [3.05, 3.63) is 35.9 Å². The van der Waals surface area contributed by atoms with E-state index >= 15 is 0 Å². The number of likely N-dealkylation sites (tertiary alicyclic amines) is 1. The van der Waals surface area contributed by atoms with Gasteiger partial charge in [-0.1, -0.05) is 30.3 Å². The molecule has 1 saturated heterocycles. The molecule has 1 aliphatic heterocycles. The van der Waals surface area contributed by atoms with Crippen LogP contribution < -0.4 is 0 Å². The van der Waals surface area contributed by atoms with Gasteiger partial charge < -0.3 is 9.64 Å².